The third-order valence-electron chi connectivity index (χ3n) is 4.66. The molecule has 27 heavy (non-hydrogen) atoms. The molecule has 0 fully saturated rings. The van der Waals surface area contributed by atoms with Crippen LogP contribution >= 0.6 is 0 Å². The van der Waals surface area contributed by atoms with Gasteiger partial charge in [-0.3, -0.25) is 9.69 Å². The van der Waals surface area contributed by atoms with Crippen LogP contribution in [0.15, 0.2) is 54.8 Å². The number of amides is 3. The molecule has 1 aromatic carbocycles. The number of urea groups is 1. The number of rotatable bonds is 7. The highest BCUT2D eigenvalue weighted by Crippen LogP contribution is 2.38. The molecule has 3 amide bonds. The van der Waals surface area contributed by atoms with E-state index in [-0.39, 0.29) is 11.9 Å². The van der Waals surface area contributed by atoms with Crippen molar-refractivity contribution < 1.29 is 19.1 Å². The van der Waals surface area contributed by atoms with Crippen molar-refractivity contribution in [1.29, 1.82) is 0 Å². The van der Waals surface area contributed by atoms with Crippen molar-refractivity contribution in [1.82, 2.24) is 15.1 Å². The smallest absolute Gasteiger partial charge is 0.322 e. The molecule has 1 aromatic rings. The quantitative estimate of drug-likeness (QED) is 0.749. The van der Waals surface area contributed by atoms with Crippen LogP contribution in [0.2, 0.25) is 0 Å². The summed E-state index contributed by atoms with van der Waals surface area (Å²) >= 11 is 0. The molecule has 0 saturated heterocycles. The van der Waals surface area contributed by atoms with Crippen LogP contribution in [0.3, 0.4) is 0 Å². The zero-order chi connectivity index (χ0) is 19.6. The molecule has 3 rings (SSSR count). The van der Waals surface area contributed by atoms with Crippen molar-refractivity contribution in [3.63, 3.8) is 0 Å². The van der Waals surface area contributed by atoms with Crippen LogP contribution < -0.4 is 14.8 Å². The number of ether oxygens (including phenoxy) is 2. The number of carbonyl (C=O) groups is 2. The Bertz CT molecular complexity index is 808. The Morgan fingerprint density at radius 2 is 1.74 bits per heavy atom. The fourth-order valence-electron chi connectivity index (χ4n) is 3.42. The number of nitrogens with one attached hydrogen (secondary N) is 1. The van der Waals surface area contributed by atoms with Gasteiger partial charge in [-0.2, -0.15) is 0 Å². The van der Waals surface area contributed by atoms with E-state index in [1.165, 1.54) is 0 Å². The van der Waals surface area contributed by atoms with E-state index in [1.54, 1.807) is 54.4 Å². The van der Waals surface area contributed by atoms with Crippen LogP contribution in [-0.2, 0) is 4.79 Å². The molecule has 1 N–H and O–H groups in total. The summed E-state index contributed by atoms with van der Waals surface area (Å²) in [6.45, 7) is 8.52. The first kappa shape index (κ1) is 18.6. The summed E-state index contributed by atoms with van der Waals surface area (Å²) < 4.78 is 10.7. The van der Waals surface area contributed by atoms with Crippen LogP contribution in [0.1, 0.15) is 11.6 Å². The fourth-order valence-corrected chi connectivity index (χ4v) is 3.42. The monoisotopic (exact) mass is 369 g/mol. The second-order valence-corrected chi connectivity index (χ2v) is 6.26. The normalized spacial score (nSPS) is 19.0. The molecule has 7 heteroatoms. The third kappa shape index (κ3) is 3.28. The number of hydrogen-bond acceptors (Lipinski definition) is 4. The predicted octanol–water partition coefficient (Wildman–Crippen LogP) is 2.24. The van der Waals surface area contributed by atoms with E-state index in [0.29, 0.717) is 42.4 Å². The molecule has 2 heterocycles. The van der Waals surface area contributed by atoms with E-state index in [0.717, 1.165) is 5.56 Å². The van der Waals surface area contributed by atoms with E-state index >= 15 is 0 Å². The summed E-state index contributed by atoms with van der Waals surface area (Å²) in [6, 6.07) is 4.48. The summed E-state index contributed by atoms with van der Waals surface area (Å²) in [5.74, 6) is 1.05. The van der Waals surface area contributed by atoms with Crippen molar-refractivity contribution in [3.05, 3.63) is 60.3 Å². The van der Waals surface area contributed by atoms with E-state index in [4.69, 9.17) is 9.47 Å². The molecule has 0 radical (unpaired) electrons. The fraction of sp³-hybridized carbons (Fsp3) is 0.300. The molecule has 1 atom stereocenters. The molecule has 7 nitrogen and oxygen atoms in total. The van der Waals surface area contributed by atoms with Crippen LogP contribution in [0.5, 0.6) is 11.5 Å². The number of carbonyl (C=O) groups excluding carboxylic acids is 2. The standard InChI is InChI=1S/C20H23N3O4/c1-5-7-22-12-16-17(19(22)24)18(21-20(25)23(16)8-6-2)13-9-14(26-3)11-15(10-13)27-4/h5-6,9-11,18H,1-2,7-8,12H2,3-4H3,(H,21,25)/t18-/m0/s1. The van der Waals surface area contributed by atoms with Gasteiger partial charge in [-0.05, 0) is 17.7 Å². The van der Waals surface area contributed by atoms with Crippen molar-refractivity contribution in [2.75, 3.05) is 33.9 Å². The molecule has 0 aliphatic carbocycles. The Morgan fingerprint density at radius 1 is 1.11 bits per heavy atom. The van der Waals surface area contributed by atoms with Crippen LogP contribution in [-0.4, -0.2) is 55.6 Å². The van der Waals surface area contributed by atoms with Gasteiger partial charge in [-0.15, -0.1) is 13.2 Å². The highest BCUT2D eigenvalue weighted by molar-refractivity contribution is 6.01. The maximum atomic E-state index is 13.0. The molecule has 0 bridgehead atoms. The van der Waals surface area contributed by atoms with Gasteiger partial charge in [-0.1, -0.05) is 12.2 Å². The molecule has 0 aromatic heterocycles. The lowest BCUT2D eigenvalue weighted by atomic mass is 9.95. The van der Waals surface area contributed by atoms with E-state index < -0.39 is 6.04 Å². The molecule has 2 aliphatic heterocycles. The van der Waals surface area contributed by atoms with Crippen molar-refractivity contribution in [2.45, 2.75) is 6.04 Å². The zero-order valence-corrected chi connectivity index (χ0v) is 15.5. The molecule has 2 aliphatic rings. The van der Waals surface area contributed by atoms with Crippen LogP contribution in [0.4, 0.5) is 4.79 Å². The van der Waals surface area contributed by atoms with E-state index in [9.17, 15) is 9.59 Å². The van der Waals surface area contributed by atoms with Crippen LogP contribution in [0.25, 0.3) is 0 Å². The Balaban J connectivity index is 2.10. The lowest BCUT2D eigenvalue weighted by Crippen LogP contribution is -2.47. The maximum Gasteiger partial charge on any atom is 0.322 e. The second-order valence-electron chi connectivity index (χ2n) is 6.26. The zero-order valence-electron chi connectivity index (χ0n) is 15.5. The molecule has 142 valence electrons. The number of nitrogens with zero attached hydrogens (tertiary/aromatic N) is 2. The van der Waals surface area contributed by atoms with E-state index in [1.807, 2.05) is 0 Å². The van der Waals surface area contributed by atoms with Gasteiger partial charge in [0.25, 0.3) is 5.91 Å². The molecule has 0 saturated carbocycles. The van der Waals surface area contributed by atoms with Gasteiger partial charge in [0.05, 0.1) is 38.1 Å². The van der Waals surface area contributed by atoms with Crippen LogP contribution in [0, 0.1) is 0 Å². The molecular formula is C20H23N3O4. The largest absolute Gasteiger partial charge is 0.497 e. The first-order valence-corrected chi connectivity index (χ1v) is 8.59. The van der Waals surface area contributed by atoms with Gasteiger partial charge < -0.3 is 19.7 Å². The predicted molar refractivity (Wildman–Crippen MR) is 102 cm³/mol. The third-order valence-corrected chi connectivity index (χ3v) is 4.66. The minimum atomic E-state index is -0.583. The molecule has 0 spiro atoms. The Kier molecular flexibility index (Phi) is 5.21. The average molecular weight is 369 g/mol. The first-order valence-electron chi connectivity index (χ1n) is 8.59. The summed E-state index contributed by atoms with van der Waals surface area (Å²) in [5, 5.41) is 2.93. The van der Waals surface area contributed by atoms with E-state index in [2.05, 4.69) is 18.5 Å². The molecular weight excluding hydrogens is 346 g/mol. The summed E-state index contributed by atoms with van der Waals surface area (Å²) in [7, 11) is 3.11. The van der Waals surface area contributed by atoms with Crippen molar-refractivity contribution in [3.8, 4) is 11.5 Å². The molecule has 0 unspecified atom stereocenters. The topological polar surface area (TPSA) is 71.1 Å². The SMILES string of the molecule is C=CCN1CC2=C(C1=O)[C@H](c1cc(OC)cc(OC)c1)NC(=O)N2CC=C. The first-order chi connectivity index (χ1) is 13.0. The highest BCUT2D eigenvalue weighted by Gasteiger charge is 2.43. The van der Waals surface area contributed by atoms with Crippen molar-refractivity contribution >= 4 is 11.9 Å². The second kappa shape index (κ2) is 7.57. The van der Waals surface area contributed by atoms with Gasteiger partial charge in [0.2, 0.25) is 0 Å². The minimum absolute atomic E-state index is 0.120. The minimum Gasteiger partial charge on any atom is -0.497 e. The van der Waals surface area contributed by atoms with Gasteiger partial charge in [0.1, 0.15) is 11.5 Å². The lowest BCUT2D eigenvalue weighted by Gasteiger charge is -2.33. The Morgan fingerprint density at radius 3 is 2.30 bits per heavy atom. The average Bonchev–Trinajstić information content (AvgIpc) is 3.00. The summed E-state index contributed by atoms with van der Waals surface area (Å²) in [5.41, 5.74) is 1.96. The Hall–Kier alpha value is -3.22. The Labute approximate surface area is 158 Å². The van der Waals surface area contributed by atoms with Gasteiger partial charge in [-0.25, -0.2) is 4.79 Å². The van der Waals surface area contributed by atoms with Gasteiger partial charge in [0, 0.05) is 19.2 Å². The lowest BCUT2D eigenvalue weighted by molar-refractivity contribution is -0.125. The summed E-state index contributed by atoms with van der Waals surface area (Å²) in [6.07, 6.45) is 3.31. The number of methoxy groups -OCH3 is 2. The number of benzene rings is 1. The summed E-state index contributed by atoms with van der Waals surface area (Å²) in [4.78, 5) is 29.0. The number of hydrogen-bond donors (Lipinski definition) is 1. The van der Waals surface area contributed by atoms with Crippen molar-refractivity contribution in [2.24, 2.45) is 0 Å². The van der Waals surface area contributed by atoms with Gasteiger partial charge in [0.15, 0.2) is 0 Å². The van der Waals surface area contributed by atoms with Gasteiger partial charge >= 0.3 is 6.03 Å². The highest BCUT2D eigenvalue weighted by atomic mass is 16.5. The maximum absolute atomic E-state index is 13.0.